The highest BCUT2D eigenvalue weighted by molar-refractivity contribution is 6.35. The second-order valence-electron chi connectivity index (χ2n) is 4.36. The second kappa shape index (κ2) is 5.77. The molecule has 21 heavy (non-hydrogen) atoms. The minimum absolute atomic E-state index is 0.125. The molecule has 0 bridgehead atoms. The first-order valence-corrected chi connectivity index (χ1v) is 6.31. The number of ketones is 1. The smallest absolute Gasteiger partial charge is 0.405 e. The molecule has 0 aliphatic heterocycles. The Kier molecular flexibility index (Phi) is 4.23. The minimum atomic E-state index is -4.87. The van der Waals surface area contributed by atoms with Crippen LogP contribution in [0.15, 0.2) is 42.5 Å². The minimum Gasteiger partial charge on any atom is -0.405 e. The van der Waals surface area contributed by atoms with E-state index >= 15 is 0 Å². The van der Waals surface area contributed by atoms with Crippen LogP contribution in [0.3, 0.4) is 0 Å². The van der Waals surface area contributed by atoms with Crippen LogP contribution in [0.25, 0.3) is 0 Å². The van der Waals surface area contributed by atoms with Crippen molar-refractivity contribution in [1.82, 2.24) is 0 Å². The molecule has 0 N–H and O–H groups in total. The normalized spacial score (nSPS) is 11.3. The van der Waals surface area contributed by atoms with Crippen LogP contribution < -0.4 is 4.74 Å². The average molecular weight is 315 g/mol. The number of rotatable bonds is 3. The summed E-state index contributed by atoms with van der Waals surface area (Å²) in [5.41, 5.74) is 0.775. The highest BCUT2D eigenvalue weighted by Crippen LogP contribution is 2.29. The fourth-order valence-corrected chi connectivity index (χ4v) is 2.14. The third kappa shape index (κ3) is 3.76. The molecule has 2 aromatic rings. The lowest BCUT2D eigenvalue weighted by atomic mass is 10.0. The molecule has 2 aromatic carbocycles. The van der Waals surface area contributed by atoms with Gasteiger partial charge in [-0.25, -0.2) is 0 Å². The van der Waals surface area contributed by atoms with Crippen LogP contribution in [0, 0.1) is 6.92 Å². The molecular weight excluding hydrogens is 305 g/mol. The van der Waals surface area contributed by atoms with E-state index < -0.39 is 17.9 Å². The summed E-state index contributed by atoms with van der Waals surface area (Å²) >= 11 is 5.98. The molecule has 6 heteroatoms. The van der Waals surface area contributed by atoms with Crippen molar-refractivity contribution in [1.29, 1.82) is 0 Å². The Hall–Kier alpha value is -2.01. The van der Waals surface area contributed by atoms with Gasteiger partial charge in [-0.05, 0) is 36.8 Å². The maximum Gasteiger partial charge on any atom is 0.573 e. The molecule has 0 saturated heterocycles. The van der Waals surface area contributed by atoms with Crippen LogP contribution in [0.1, 0.15) is 21.5 Å². The first kappa shape index (κ1) is 15.4. The second-order valence-corrected chi connectivity index (χ2v) is 4.76. The zero-order valence-electron chi connectivity index (χ0n) is 10.9. The van der Waals surface area contributed by atoms with E-state index in [9.17, 15) is 18.0 Å². The molecule has 2 rings (SSSR count). The van der Waals surface area contributed by atoms with Crippen molar-refractivity contribution in [2.45, 2.75) is 13.3 Å². The van der Waals surface area contributed by atoms with Crippen molar-refractivity contribution in [3.05, 3.63) is 64.2 Å². The zero-order chi connectivity index (χ0) is 15.6. The Morgan fingerprint density at radius 2 is 1.76 bits per heavy atom. The number of benzene rings is 2. The maximum atomic E-state index is 12.4. The molecule has 0 aliphatic carbocycles. The zero-order valence-corrected chi connectivity index (χ0v) is 11.6. The quantitative estimate of drug-likeness (QED) is 0.762. The number of ether oxygens (including phenoxy) is 1. The summed E-state index contributed by atoms with van der Waals surface area (Å²) in [6.07, 6.45) is -4.87. The van der Waals surface area contributed by atoms with Crippen LogP contribution in [-0.4, -0.2) is 12.1 Å². The largest absolute Gasteiger partial charge is 0.573 e. The third-order valence-corrected chi connectivity index (χ3v) is 3.04. The van der Waals surface area contributed by atoms with E-state index in [4.69, 9.17) is 11.6 Å². The predicted octanol–water partition coefficient (Wildman–Crippen LogP) is 4.78. The Morgan fingerprint density at radius 1 is 1.10 bits per heavy atom. The Labute approximate surface area is 124 Å². The van der Waals surface area contributed by atoms with Crippen molar-refractivity contribution < 1.29 is 22.7 Å². The van der Waals surface area contributed by atoms with E-state index in [0.717, 1.165) is 11.6 Å². The Morgan fingerprint density at radius 3 is 2.38 bits per heavy atom. The number of para-hydroxylation sites is 1. The third-order valence-electron chi connectivity index (χ3n) is 2.73. The highest BCUT2D eigenvalue weighted by atomic mass is 35.5. The van der Waals surface area contributed by atoms with Crippen molar-refractivity contribution in [2.75, 3.05) is 0 Å². The van der Waals surface area contributed by atoms with Gasteiger partial charge in [0.05, 0.1) is 10.6 Å². The number of aryl methyl sites for hydroxylation is 1. The van der Waals surface area contributed by atoms with E-state index in [2.05, 4.69) is 4.74 Å². The summed E-state index contributed by atoms with van der Waals surface area (Å²) in [4.78, 5) is 12.4. The van der Waals surface area contributed by atoms with E-state index in [1.165, 1.54) is 24.3 Å². The first-order chi connectivity index (χ1) is 9.78. The summed E-state index contributed by atoms with van der Waals surface area (Å²) in [7, 11) is 0. The van der Waals surface area contributed by atoms with Gasteiger partial charge in [0.1, 0.15) is 5.75 Å². The van der Waals surface area contributed by atoms with Crippen molar-refractivity contribution in [2.24, 2.45) is 0 Å². The van der Waals surface area contributed by atoms with Gasteiger partial charge in [-0.15, -0.1) is 13.2 Å². The average Bonchev–Trinajstić information content (AvgIpc) is 2.36. The van der Waals surface area contributed by atoms with Crippen LogP contribution in [0.5, 0.6) is 5.75 Å². The van der Waals surface area contributed by atoms with Crippen LogP contribution in [0.4, 0.5) is 13.2 Å². The van der Waals surface area contributed by atoms with Crippen molar-refractivity contribution in [3.63, 3.8) is 0 Å². The number of hydrogen-bond donors (Lipinski definition) is 0. The molecule has 110 valence electrons. The number of hydrogen-bond acceptors (Lipinski definition) is 2. The van der Waals surface area contributed by atoms with Gasteiger partial charge in [0, 0.05) is 5.56 Å². The molecule has 0 spiro atoms. The van der Waals surface area contributed by atoms with Crippen molar-refractivity contribution >= 4 is 17.4 Å². The van der Waals surface area contributed by atoms with E-state index in [0.29, 0.717) is 0 Å². The van der Waals surface area contributed by atoms with Gasteiger partial charge in [0.2, 0.25) is 0 Å². The molecule has 2 nitrogen and oxygen atoms in total. The summed E-state index contributed by atoms with van der Waals surface area (Å²) in [6.45, 7) is 1.79. The summed E-state index contributed by atoms with van der Waals surface area (Å²) in [5.74, 6) is -1.17. The molecule has 0 aliphatic rings. The van der Waals surface area contributed by atoms with Gasteiger partial charge in [-0.1, -0.05) is 29.8 Å². The van der Waals surface area contributed by atoms with Crippen LogP contribution in [0.2, 0.25) is 5.02 Å². The van der Waals surface area contributed by atoms with E-state index in [-0.39, 0.29) is 16.1 Å². The number of halogens is 4. The molecule has 0 unspecified atom stereocenters. The topological polar surface area (TPSA) is 26.3 Å². The molecule has 0 radical (unpaired) electrons. The molecule has 0 fully saturated rings. The predicted molar refractivity (Wildman–Crippen MR) is 72.7 cm³/mol. The highest BCUT2D eigenvalue weighted by Gasteiger charge is 2.33. The maximum absolute atomic E-state index is 12.4. The summed E-state index contributed by atoms with van der Waals surface area (Å²) in [6, 6.07) is 9.87. The van der Waals surface area contributed by atoms with E-state index in [1.54, 1.807) is 19.1 Å². The van der Waals surface area contributed by atoms with Gasteiger partial charge in [0.25, 0.3) is 0 Å². The molecule has 0 heterocycles. The SMILES string of the molecule is Cc1ccc(C(=O)c2ccccc2OC(F)(F)F)c(Cl)c1. The van der Waals surface area contributed by atoms with Crippen molar-refractivity contribution in [3.8, 4) is 5.75 Å². The molecular formula is C15H10ClF3O2. The molecule has 0 amide bonds. The Balaban J connectivity index is 2.44. The lowest BCUT2D eigenvalue weighted by Gasteiger charge is -2.13. The van der Waals surface area contributed by atoms with Gasteiger partial charge in [-0.2, -0.15) is 0 Å². The fourth-order valence-electron chi connectivity index (χ4n) is 1.82. The van der Waals surface area contributed by atoms with Crippen LogP contribution in [-0.2, 0) is 0 Å². The number of alkyl halides is 3. The number of carbonyl (C=O) groups is 1. The lowest BCUT2D eigenvalue weighted by molar-refractivity contribution is -0.274. The van der Waals surface area contributed by atoms with Gasteiger partial charge >= 0.3 is 6.36 Å². The molecule has 0 aromatic heterocycles. The standard InChI is InChI=1S/C15H10ClF3O2/c1-9-6-7-10(12(16)8-9)14(20)11-4-2-3-5-13(11)21-15(17,18)19/h2-8H,1H3. The van der Waals surface area contributed by atoms with Gasteiger partial charge in [0.15, 0.2) is 5.78 Å². The van der Waals surface area contributed by atoms with E-state index in [1.807, 2.05) is 0 Å². The number of carbonyl (C=O) groups excluding carboxylic acids is 1. The first-order valence-electron chi connectivity index (χ1n) is 5.93. The Bertz CT molecular complexity index is 681. The monoisotopic (exact) mass is 314 g/mol. The lowest BCUT2D eigenvalue weighted by Crippen LogP contribution is -2.19. The molecule has 0 atom stereocenters. The molecule has 0 saturated carbocycles. The van der Waals surface area contributed by atoms with Crippen LogP contribution >= 0.6 is 11.6 Å². The van der Waals surface area contributed by atoms with Gasteiger partial charge in [-0.3, -0.25) is 4.79 Å². The fraction of sp³-hybridized carbons (Fsp3) is 0.133. The van der Waals surface area contributed by atoms with Gasteiger partial charge < -0.3 is 4.74 Å². The summed E-state index contributed by atoms with van der Waals surface area (Å²) < 4.78 is 41.0. The summed E-state index contributed by atoms with van der Waals surface area (Å²) in [5, 5.41) is 0.182.